The number of hydrogen-bond acceptors (Lipinski definition) is 2. The molecular weight excluding hydrogens is 255 g/mol. The van der Waals surface area contributed by atoms with Gasteiger partial charge in [0.25, 0.3) is 5.91 Å². The van der Waals surface area contributed by atoms with Crippen molar-refractivity contribution in [3.05, 3.63) is 65.0 Å². The zero-order valence-electron chi connectivity index (χ0n) is 11.3. The molecular formula is C16H17FN2O. The molecule has 0 spiro atoms. The van der Waals surface area contributed by atoms with Crippen molar-refractivity contribution in [3.63, 3.8) is 0 Å². The summed E-state index contributed by atoms with van der Waals surface area (Å²) in [6.45, 7) is 2.50. The smallest absolute Gasteiger partial charge is 0.253 e. The van der Waals surface area contributed by atoms with Crippen LogP contribution in [0.2, 0.25) is 0 Å². The molecule has 0 heterocycles. The van der Waals surface area contributed by atoms with Gasteiger partial charge in [0.05, 0.1) is 5.56 Å². The fourth-order valence-electron chi connectivity index (χ4n) is 2.09. The number of benzene rings is 2. The number of rotatable bonds is 4. The van der Waals surface area contributed by atoms with E-state index < -0.39 is 5.82 Å². The van der Waals surface area contributed by atoms with Crippen LogP contribution in [0.25, 0.3) is 0 Å². The maximum absolute atomic E-state index is 12.9. The molecule has 0 aliphatic heterocycles. The van der Waals surface area contributed by atoms with Crippen LogP contribution in [0.1, 0.15) is 28.4 Å². The first-order valence-electron chi connectivity index (χ1n) is 6.51. The summed E-state index contributed by atoms with van der Waals surface area (Å²) in [5.74, 6) is -0.746. The van der Waals surface area contributed by atoms with Gasteiger partial charge in [-0.25, -0.2) is 4.39 Å². The molecule has 0 bridgehead atoms. The average molecular weight is 272 g/mol. The Morgan fingerprint density at radius 1 is 1.20 bits per heavy atom. The maximum atomic E-state index is 12.9. The molecule has 104 valence electrons. The van der Waals surface area contributed by atoms with Crippen molar-refractivity contribution in [1.82, 2.24) is 5.32 Å². The van der Waals surface area contributed by atoms with Crippen molar-refractivity contribution in [2.45, 2.75) is 19.9 Å². The number of amides is 1. The molecule has 3 N–H and O–H groups in total. The topological polar surface area (TPSA) is 55.1 Å². The van der Waals surface area contributed by atoms with Gasteiger partial charge in [-0.3, -0.25) is 4.79 Å². The summed E-state index contributed by atoms with van der Waals surface area (Å²) in [4.78, 5) is 12.0. The number of nitrogens with two attached hydrogens (primary N) is 1. The molecule has 0 aliphatic carbocycles. The van der Waals surface area contributed by atoms with Crippen LogP contribution in [0.5, 0.6) is 0 Å². The highest BCUT2D eigenvalue weighted by atomic mass is 19.1. The van der Waals surface area contributed by atoms with Crippen molar-refractivity contribution in [3.8, 4) is 0 Å². The summed E-state index contributed by atoms with van der Waals surface area (Å²) in [5.41, 5.74) is 8.35. The summed E-state index contributed by atoms with van der Waals surface area (Å²) < 4.78 is 12.9. The molecule has 0 unspecified atom stereocenters. The average Bonchev–Trinajstić information content (AvgIpc) is 2.45. The maximum Gasteiger partial charge on any atom is 0.253 e. The molecule has 3 nitrogen and oxygen atoms in total. The molecule has 0 fully saturated rings. The van der Waals surface area contributed by atoms with Crippen LogP contribution in [-0.2, 0) is 13.0 Å². The van der Waals surface area contributed by atoms with E-state index >= 15 is 0 Å². The molecule has 2 rings (SSSR count). The van der Waals surface area contributed by atoms with E-state index in [2.05, 4.69) is 12.2 Å². The van der Waals surface area contributed by atoms with Crippen LogP contribution in [0.4, 0.5) is 10.1 Å². The van der Waals surface area contributed by atoms with Gasteiger partial charge in [-0.2, -0.15) is 0 Å². The Kier molecular flexibility index (Phi) is 4.35. The summed E-state index contributed by atoms with van der Waals surface area (Å²) >= 11 is 0. The molecule has 0 aromatic heterocycles. The number of nitrogen functional groups attached to an aromatic ring is 1. The van der Waals surface area contributed by atoms with Gasteiger partial charge in [-0.15, -0.1) is 0 Å². The summed E-state index contributed by atoms with van der Waals surface area (Å²) in [5, 5.41) is 2.81. The van der Waals surface area contributed by atoms with Crippen LogP contribution >= 0.6 is 0 Å². The number of carbonyl (C=O) groups excluding carboxylic acids is 1. The molecule has 0 atom stereocenters. The SMILES string of the molecule is CCc1ccccc1CNC(=O)c1ccc(F)cc1N. The third-order valence-corrected chi connectivity index (χ3v) is 3.20. The zero-order valence-corrected chi connectivity index (χ0v) is 11.3. The summed E-state index contributed by atoms with van der Waals surface area (Å²) in [6.07, 6.45) is 0.907. The third-order valence-electron chi connectivity index (χ3n) is 3.20. The van der Waals surface area contributed by atoms with Gasteiger partial charge < -0.3 is 11.1 Å². The Hall–Kier alpha value is -2.36. The van der Waals surface area contributed by atoms with E-state index in [1.54, 1.807) is 0 Å². The minimum absolute atomic E-state index is 0.145. The quantitative estimate of drug-likeness (QED) is 0.841. The molecule has 1 amide bonds. The van der Waals surface area contributed by atoms with E-state index in [0.29, 0.717) is 12.1 Å². The van der Waals surface area contributed by atoms with Crippen molar-refractivity contribution < 1.29 is 9.18 Å². The molecule has 20 heavy (non-hydrogen) atoms. The Labute approximate surface area is 117 Å². The highest BCUT2D eigenvalue weighted by Gasteiger charge is 2.10. The second-order valence-corrected chi connectivity index (χ2v) is 4.54. The first-order valence-corrected chi connectivity index (χ1v) is 6.51. The van der Waals surface area contributed by atoms with E-state index in [1.165, 1.54) is 17.7 Å². The van der Waals surface area contributed by atoms with Crippen molar-refractivity contribution in [1.29, 1.82) is 0 Å². The van der Waals surface area contributed by atoms with Gasteiger partial charge in [0.15, 0.2) is 0 Å². The van der Waals surface area contributed by atoms with E-state index in [0.717, 1.165) is 18.1 Å². The Morgan fingerprint density at radius 2 is 1.90 bits per heavy atom. The Morgan fingerprint density at radius 3 is 2.55 bits per heavy atom. The fraction of sp³-hybridized carbons (Fsp3) is 0.188. The minimum atomic E-state index is -0.449. The van der Waals surface area contributed by atoms with E-state index in [4.69, 9.17) is 5.73 Å². The van der Waals surface area contributed by atoms with Gasteiger partial charge in [0.2, 0.25) is 0 Å². The fourth-order valence-corrected chi connectivity index (χ4v) is 2.09. The van der Waals surface area contributed by atoms with Gasteiger partial charge in [0.1, 0.15) is 5.82 Å². The monoisotopic (exact) mass is 272 g/mol. The lowest BCUT2D eigenvalue weighted by Gasteiger charge is -2.10. The van der Waals surface area contributed by atoms with E-state index in [-0.39, 0.29) is 11.6 Å². The lowest BCUT2D eigenvalue weighted by atomic mass is 10.1. The zero-order chi connectivity index (χ0) is 14.5. The molecule has 4 heteroatoms. The largest absolute Gasteiger partial charge is 0.398 e. The van der Waals surface area contributed by atoms with E-state index in [1.807, 2.05) is 24.3 Å². The molecule has 0 saturated heterocycles. The second-order valence-electron chi connectivity index (χ2n) is 4.54. The number of nitrogens with one attached hydrogen (secondary N) is 1. The predicted molar refractivity (Wildman–Crippen MR) is 77.8 cm³/mol. The van der Waals surface area contributed by atoms with Gasteiger partial charge in [-0.05, 0) is 35.7 Å². The number of halogens is 1. The second kappa shape index (κ2) is 6.19. The predicted octanol–water partition coefficient (Wildman–Crippen LogP) is 2.90. The highest BCUT2D eigenvalue weighted by molar-refractivity contribution is 5.99. The van der Waals surface area contributed by atoms with Crippen molar-refractivity contribution in [2.75, 3.05) is 5.73 Å². The van der Waals surface area contributed by atoms with Crippen LogP contribution in [0.15, 0.2) is 42.5 Å². The Bertz CT molecular complexity index is 626. The standard InChI is InChI=1S/C16H17FN2O/c1-2-11-5-3-4-6-12(11)10-19-16(20)14-8-7-13(17)9-15(14)18/h3-9H,2,10,18H2,1H3,(H,19,20). The van der Waals surface area contributed by atoms with E-state index in [9.17, 15) is 9.18 Å². The lowest BCUT2D eigenvalue weighted by Crippen LogP contribution is -2.24. The van der Waals surface area contributed by atoms with Gasteiger partial charge >= 0.3 is 0 Å². The van der Waals surface area contributed by atoms with Crippen LogP contribution < -0.4 is 11.1 Å². The van der Waals surface area contributed by atoms with Gasteiger partial charge in [0, 0.05) is 12.2 Å². The number of hydrogen-bond donors (Lipinski definition) is 2. The van der Waals surface area contributed by atoms with Crippen LogP contribution in [0, 0.1) is 5.82 Å². The normalized spacial score (nSPS) is 10.3. The summed E-state index contributed by atoms with van der Waals surface area (Å²) in [7, 11) is 0. The number of aryl methyl sites for hydroxylation is 1. The van der Waals surface area contributed by atoms with Gasteiger partial charge in [-0.1, -0.05) is 31.2 Å². The highest BCUT2D eigenvalue weighted by Crippen LogP contribution is 2.14. The number of carbonyl (C=O) groups is 1. The molecule has 0 aliphatic rings. The number of anilines is 1. The first-order chi connectivity index (χ1) is 9.61. The molecule has 0 radical (unpaired) electrons. The molecule has 2 aromatic carbocycles. The minimum Gasteiger partial charge on any atom is -0.398 e. The van der Waals surface area contributed by atoms with Crippen molar-refractivity contribution >= 4 is 11.6 Å². The van der Waals surface area contributed by atoms with Crippen molar-refractivity contribution in [2.24, 2.45) is 0 Å². The van der Waals surface area contributed by atoms with Crippen LogP contribution in [0.3, 0.4) is 0 Å². The Balaban J connectivity index is 2.09. The molecule has 2 aromatic rings. The summed E-state index contributed by atoms with van der Waals surface area (Å²) in [6, 6.07) is 11.7. The first kappa shape index (κ1) is 14.1. The molecule has 0 saturated carbocycles. The van der Waals surface area contributed by atoms with Crippen LogP contribution in [-0.4, -0.2) is 5.91 Å². The lowest BCUT2D eigenvalue weighted by molar-refractivity contribution is 0.0951. The third kappa shape index (κ3) is 3.15.